The Bertz CT molecular complexity index is 935. The van der Waals surface area contributed by atoms with E-state index in [1.807, 2.05) is 39.8 Å². The lowest BCUT2D eigenvalue weighted by molar-refractivity contribution is -0.139. The van der Waals surface area contributed by atoms with Gasteiger partial charge in [-0.25, -0.2) is 8.42 Å². The van der Waals surface area contributed by atoms with Gasteiger partial charge in [0.05, 0.1) is 4.90 Å². The molecule has 0 spiro atoms. The van der Waals surface area contributed by atoms with E-state index in [9.17, 15) is 18.3 Å². The number of carbonyl (C=O) groups is 1. The first kappa shape index (κ1) is 23.1. The Balaban J connectivity index is 2.68. The van der Waals surface area contributed by atoms with Crippen molar-refractivity contribution >= 4 is 16.0 Å². The van der Waals surface area contributed by atoms with Gasteiger partial charge in [-0.15, -0.1) is 0 Å². The first-order valence-corrected chi connectivity index (χ1v) is 11.4. The number of sulfonamides is 1. The number of carboxylic acid groups (broad SMARTS) is 1. The van der Waals surface area contributed by atoms with Gasteiger partial charge >= 0.3 is 5.97 Å². The number of rotatable bonds is 8. The molecule has 0 heterocycles. The summed E-state index contributed by atoms with van der Waals surface area (Å²) in [5, 5.41) is 9.68. The number of benzene rings is 2. The molecule has 0 radical (unpaired) electrons. The molecule has 0 saturated carbocycles. The van der Waals surface area contributed by atoms with Crippen LogP contribution in [-0.4, -0.2) is 19.5 Å². The van der Waals surface area contributed by atoms with Crippen LogP contribution >= 0.6 is 0 Å². The van der Waals surface area contributed by atoms with Crippen LogP contribution in [0.5, 0.6) is 0 Å². The Morgan fingerprint density at radius 2 is 1.31 bits per heavy atom. The maximum absolute atomic E-state index is 13.5. The lowest BCUT2D eigenvalue weighted by Crippen LogP contribution is -2.35. The molecule has 0 aromatic heterocycles. The van der Waals surface area contributed by atoms with Crippen molar-refractivity contribution in [1.82, 2.24) is 4.72 Å². The highest BCUT2D eigenvalue weighted by Crippen LogP contribution is 2.35. The van der Waals surface area contributed by atoms with Crippen LogP contribution in [0.3, 0.4) is 0 Å². The van der Waals surface area contributed by atoms with Crippen LogP contribution in [0.15, 0.2) is 47.4 Å². The first-order chi connectivity index (χ1) is 13.5. The molecule has 5 nitrogen and oxygen atoms in total. The van der Waals surface area contributed by atoms with Gasteiger partial charge in [0.1, 0.15) is 6.04 Å². The van der Waals surface area contributed by atoms with E-state index < -0.39 is 22.0 Å². The average molecular weight is 418 g/mol. The normalized spacial score (nSPS) is 13.3. The lowest BCUT2D eigenvalue weighted by atomic mass is 9.89. The van der Waals surface area contributed by atoms with Gasteiger partial charge in [-0.1, -0.05) is 84.0 Å². The van der Waals surface area contributed by atoms with E-state index in [-0.39, 0.29) is 22.6 Å². The second kappa shape index (κ2) is 9.09. The molecule has 0 aliphatic heterocycles. The molecule has 158 valence electrons. The topological polar surface area (TPSA) is 83.5 Å². The molecule has 2 aromatic carbocycles. The smallest absolute Gasteiger partial charge is 0.326 e. The highest BCUT2D eigenvalue weighted by Gasteiger charge is 2.32. The summed E-state index contributed by atoms with van der Waals surface area (Å²) in [5.41, 5.74) is 2.89. The Kier molecular flexibility index (Phi) is 7.25. The van der Waals surface area contributed by atoms with E-state index in [1.54, 1.807) is 30.3 Å². The highest BCUT2D eigenvalue weighted by molar-refractivity contribution is 7.89. The molecule has 2 rings (SSSR count). The van der Waals surface area contributed by atoms with Gasteiger partial charge < -0.3 is 5.11 Å². The Hall–Kier alpha value is -2.18. The minimum atomic E-state index is -4.08. The quantitative estimate of drug-likeness (QED) is 0.621. The number of nitrogens with one attached hydrogen (secondary N) is 1. The first-order valence-electron chi connectivity index (χ1n) is 9.93. The van der Waals surface area contributed by atoms with Crippen molar-refractivity contribution in [2.45, 2.75) is 70.2 Å². The molecule has 1 unspecified atom stereocenters. The van der Waals surface area contributed by atoms with E-state index in [2.05, 4.69) is 18.6 Å². The summed E-state index contributed by atoms with van der Waals surface area (Å²) in [6.07, 6.45) is 0. The van der Waals surface area contributed by atoms with Gasteiger partial charge in [0.25, 0.3) is 0 Å². The van der Waals surface area contributed by atoms with E-state index in [0.717, 1.165) is 5.56 Å². The molecule has 0 saturated heterocycles. The second-order valence-corrected chi connectivity index (χ2v) is 9.95. The van der Waals surface area contributed by atoms with Gasteiger partial charge in [0.15, 0.2) is 0 Å². The molecule has 2 aromatic rings. The second-order valence-electron chi connectivity index (χ2n) is 8.30. The zero-order valence-corrected chi connectivity index (χ0v) is 18.7. The van der Waals surface area contributed by atoms with Gasteiger partial charge in [0, 0.05) is 0 Å². The molecule has 0 bridgehead atoms. The number of hydrogen-bond donors (Lipinski definition) is 2. The van der Waals surface area contributed by atoms with Crippen LogP contribution in [0.1, 0.15) is 87.6 Å². The number of carboxylic acids is 1. The molecule has 0 fully saturated rings. The molecule has 0 aliphatic carbocycles. The average Bonchev–Trinajstić information content (AvgIpc) is 2.65. The van der Waals surface area contributed by atoms with Crippen molar-refractivity contribution in [3.8, 4) is 0 Å². The summed E-state index contributed by atoms with van der Waals surface area (Å²) >= 11 is 0. The van der Waals surface area contributed by atoms with Crippen LogP contribution in [0.4, 0.5) is 0 Å². The van der Waals surface area contributed by atoms with Gasteiger partial charge in [-0.2, -0.15) is 4.72 Å². The maximum Gasteiger partial charge on any atom is 0.326 e. The Morgan fingerprint density at radius 1 is 0.828 bits per heavy atom. The molecule has 1 atom stereocenters. The third-order valence-electron chi connectivity index (χ3n) is 5.00. The molecule has 0 amide bonds. The largest absolute Gasteiger partial charge is 0.480 e. The van der Waals surface area contributed by atoms with Crippen molar-refractivity contribution in [3.63, 3.8) is 0 Å². The third-order valence-corrected chi connectivity index (χ3v) is 6.56. The highest BCUT2D eigenvalue weighted by atomic mass is 32.2. The van der Waals surface area contributed by atoms with Crippen molar-refractivity contribution in [2.75, 3.05) is 0 Å². The van der Waals surface area contributed by atoms with Crippen molar-refractivity contribution in [2.24, 2.45) is 0 Å². The van der Waals surface area contributed by atoms with E-state index >= 15 is 0 Å². The fraction of sp³-hybridized carbons (Fsp3) is 0.435. The minimum absolute atomic E-state index is 0.0298. The molecule has 2 N–H and O–H groups in total. The summed E-state index contributed by atoms with van der Waals surface area (Å²) in [4.78, 5) is 12.1. The standard InChI is InChI=1S/C23H31NO4S/c1-14(2)18-12-19(15(3)4)22(20(13-18)16(5)6)29(27,28)24-21(23(25)26)17-10-8-7-9-11-17/h7-16,21,24H,1-6H3,(H,25,26). The van der Waals surface area contributed by atoms with Crippen LogP contribution in [-0.2, 0) is 14.8 Å². The zero-order valence-electron chi connectivity index (χ0n) is 17.9. The van der Waals surface area contributed by atoms with Gasteiger partial charge in [-0.3, -0.25) is 4.79 Å². The summed E-state index contributed by atoms with van der Waals surface area (Å²) in [6.45, 7) is 12.0. The predicted octanol–water partition coefficient (Wildman–Crippen LogP) is 5.16. The Morgan fingerprint density at radius 3 is 1.69 bits per heavy atom. The van der Waals surface area contributed by atoms with E-state index in [1.165, 1.54) is 0 Å². The van der Waals surface area contributed by atoms with Crippen LogP contribution in [0, 0.1) is 0 Å². The van der Waals surface area contributed by atoms with Crippen LogP contribution in [0.2, 0.25) is 0 Å². The van der Waals surface area contributed by atoms with Crippen LogP contribution in [0.25, 0.3) is 0 Å². The predicted molar refractivity (Wildman–Crippen MR) is 116 cm³/mol. The maximum atomic E-state index is 13.5. The van der Waals surface area contributed by atoms with Crippen LogP contribution < -0.4 is 4.72 Å². The SMILES string of the molecule is CC(C)c1cc(C(C)C)c(S(=O)(=O)NC(C(=O)O)c2ccccc2)c(C(C)C)c1. The molecule has 0 aliphatic rings. The lowest BCUT2D eigenvalue weighted by Gasteiger charge is -2.24. The fourth-order valence-electron chi connectivity index (χ4n) is 3.32. The minimum Gasteiger partial charge on any atom is -0.480 e. The monoisotopic (exact) mass is 417 g/mol. The van der Waals surface area contributed by atoms with Crippen molar-refractivity contribution in [3.05, 3.63) is 64.7 Å². The Labute approximate surface area is 174 Å². The number of hydrogen-bond acceptors (Lipinski definition) is 3. The van der Waals surface area contributed by atoms with E-state index in [0.29, 0.717) is 16.7 Å². The van der Waals surface area contributed by atoms with Crippen molar-refractivity contribution in [1.29, 1.82) is 0 Å². The summed E-state index contributed by atoms with van der Waals surface area (Å²) < 4.78 is 29.4. The summed E-state index contributed by atoms with van der Waals surface area (Å²) in [7, 11) is -4.08. The molecule has 6 heteroatoms. The van der Waals surface area contributed by atoms with Gasteiger partial charge in [-0.05, 0) is 40.0 Å². The molecule has 29 heavy (non-hydrogen) atoms. The number of aliphatic carboxylic acids is 1. The van der Waals surface area contributed by atoms with Crippen molar-refractivity contribution < 1.29 is 18.3 Å². The summed E-state index contributed by atoms with van der Waals surface area (Å²) in [5.74, 6) is -1.04. The third kappa shape index (κ3) is 5.25. The zero-order chi connectivity index (χ0) is 21.9. The summed E-state index contributed by atoms with van der Waals surface area (Å²) in [6, 6.07) is 10.9. The fourth-order valence-corrected chi connectivity index (χ4v) is 5.20. The van der Waals surface area contributed by atoms with Gasteiger partial charge in [0.2, 0.25) is 10.0 Å². The molecular weight excluding hydrogens is 386 g/mol. The molecular formula is C23H31NO4S. The van der Waals surface area contributed by atoms with E-state index in [4.69, 9.17) is 0 Å².